The first kappa shape index (κ1) is 17.0. The number of aromatic nitrogens is 2. The Morgan fingerprint density at radius 1 is 1.32 bits per heavy atom. The molecule has 2 aromatic heterocycles. The lowest BCUT2D eigenvalue weighted by molar-refractivity contribution is 0.0958. The van der Waals surface area contributed by atoms with Gasteiger partial charge in [-0.25, -0.2) is 4.98 Å². The largest absolute Gasteiger partial charge is 0.493 e. The summed E-state index contributed by atoms with van der Waals surface area (Å²) < 4.78 is 10.3. The van der Waals surface area contributed by atoms with Gasteiger partial charge in [-0.1, -0.05) is 17.4 Å². The highest BCUT2D eigenvalue weighted by Gasteiger charge is 2.16. The Balaban J connectivity index is 1.85. The monoisotopic (exact) mass is 359 g/mol. The van der Waals surface area contributed by atoms with Crippen LogP contribution in [-0.4, -0.2) is 36.6 Å². The van der Waals surface area contributed by atoms with Gasteiger partial charge in [-0.2, -0.15) is 0 Å². The molecule has 0 aliphatic heterocycles. The third-order valence-electron chi connectivity index (χ3n) is 3.73. The first-order chi connectivity index (χ1) is 12.1. The van der Waals surface area contributed by atoms with E-state index < -0.39 is 0 Å². The van der Waals surface area contributed by atoms with E-state index in [0.29, 0.717) is 40.1 Å². The normalized spacial score (nSPS) is 10.6. The van der Waals surface area contributed by atoms with Crippen molar-refractivity contribution in [3.05, 3.63) is 50.8 Å². The first-order valence-electron chi connectivity index (χ1n) is 7.58. The van der Waals surface area contributed by atoms with Crippen molar-refractivity contribution < 1.29 is 14.3 Å². The van der Waals surface area contributed by atoms with Crippen molar-refractivity contribution in [3.8, 4) is 11.5 Å². The average molecular weight is 359 g/mol. The van der Waals surface area contributed by atoms with E-state index in [-0.39, 0.29) is 10.6 Å². The molecule has 0 atom stereocenters. The zero-order chi connectivity index (χ0) is 17.8. The van der Waals surface area contributed by atoms with Crippen LogP contribution in [0.3, 0.4) is 0 Å². The number of carbonyl (C=O) groups is 1. The predicted octanol–water partition coefficient (Wildman–Crippen LogP) is 1.97. The summed E-state index contributed by atoms with van der Waals surface area (Å²) in [5.74, 6) is 0.585. The maximum atomic E-state index is 12.5. The molecule has 7 nitrogen and oxygen atoms in total. The number of H-pyrrole nitrogens is 1. The fourth-order valence-electron chi connectivity index (χ4n) is 2.53. The number of carbonyl (C=O) groups excluding carboxylic acids is 1. The van der Waals surface area contributed by atoms with E-state index in [1.807, 2.05) is 0 Å². The van der Waals surface area contributed by atoms with Gasteiger partial charge >= 0.3 is 0 Å². The number of fused-ring (bicyclic) bond motifs is 1. The molecular formula is C17H17N3O4S. The van der Waals surface area contributed by atoms with E-state index in [9.17, 15) is 9.59 Å². The Hall–Kier alpha value is -2.87. The molecule has 0 unspecified atom stereocenters. The zero-order valence-corrected chi connectivity index (χ0v) is 14.6. The van der Waals surface area contributed by atoms with Crippen LogP contribution >= 0.6 is 11.3 Å². The van der Waals surface area contributed by atoms with E-state index in [1.165, 1.54) is 14.2 Å². The molecule has 1 aromatic carbocycles. The summed E-state index contributed by atoms with van der Waals surface area (Å²) >= 11 is 0.888. The third-order valence-corrected chi connectivity index (χ3v) is 4.64. The maximum Gasteiger partial charge on any atom is 0.261 e. The molecule has 3 rings (SSSR count). The molecule has 0 spiro atoms. The number of hydrogen-bond acceptors (Lipinski definition) is 6. The topological polar surface area (TPSA) is 93.3 Å². The smallest absolute Gasteiger partial charge is 0.261 e. The highest BCUT2D eigenvalue weighted by molar-refractivity contribution is 7.12. The molecule has 0 bridgehead atoms. The number of ether oxygens (including phenoxy) is 2. The number of nitrogens with zero attached hydrogens (tertiary/aromatic N) is 1. The van der Waals surface area contributed by atoms with Gasteiger partial charge in [0.2, 0.25) is 4.74 Å². The van der Waals surface area contributed by atoms with Crippen LogP contribution in [0.1, 0.15) is 15.4 Å². The van der Waals surface area contributed by atoms with Crippen LogP contribution in [0.15, 0.2) is 35.5 Å². The first-order valence-corrected chi connectivity index (χ1v) is 8.40. The van der Waals surface area contributed by atoms with E-state index in [1.54, 1.807) is 30.7 Å². The lowest BCUT2D eigenvalue weighted by Gasteiger charge is -2.10. The molecule has 130 valence electrons. The Bertz CT molecular complexity index is 950. The average Bonchev–Trinajstić information content (AvgIpc) is 3.13. The molecule has 0 fully saturated rings. The summed E-state index contributed by atoms with van der Waals surface area (Å²) in [4.78, 5) is 32.1. The van der Waals surface area contributed by atoms with Crippen LogP contribution in [0, 0.1) is 0 Å². The predicted molar refractivity (Wildman–Crippen MR) is 95.8 cm³/mol. The highest BCUT2D eigenvalue weighted by atomic mass is 32.1. The number of rotatable bonds is 6. The van der Waals surface area contributed by atoms with E-state index in [0.717, 1.165) is 17.0 Å². The van der Waals surface area contributed by atoms with Crippen molar-refractivity contribution in [2.75, 3.05) is 20.8 Å². The van der Waals surface area contributed by atoms with Gasteiger partial charge in [-0.15, -0.1) is 0 Å². The molecule has 0 saturated carbocycles. The molecule has 2 N–H and O–H groups in total. The van der Waals surface area contributed by atoms with Gasteiger partial charge in [0, 0.05) is 24.9 Å². The molecule has 0 saturated heterocycles. The second kappa shape index (κ2) is 7.35. The minimum absolute atomic E-state index is 0.244. The second-order valence-corrected chi connectivity index (χ2v) is 6.26. The number of imidazole rings is 1. The molecule has 25 heavy (non-hydrogen) atoms. The van der Waals surface area contributed by atoms with Gasteiger partial charge in [-0.3, -0.25) is 9.59 Å². The highest BCUT2D eigenvalue weighted by Crippen LogP contribution is 2.34. The van der Waals surface area contributed by atoms with Crippen LogP contribution < -0.4 is 19.5 Å². The van der Waals surface area contributed by atoms with Gasteiger partial charge in [0.15, 0.2) is 11.5 Å². The minimum Gasteiger partial charge on any atom is -0.493 e. The summed E-state index contributed by atoms with van der Waals surface area (Å²) in [6.45, 7) is 0.450. The van der Waals surface area contributed by atoms with Gasteiger partial charge < -0.3 is 19.8 Å². The van der Waals surface area contributed by atoms with Crippen molar-refractivity contribution in [3.63, 3.8) is 0 Å². The molecule has 0 aliphatic rings. The van der Waals surface area contributed by atoms with Crippen molar-refractivity contribution in [1.29, 1.82) is 0 Å². The lowest BCUT2D eigenvalue weighted by Crippen LogP contribution is -2.25. The number of hydrogen-bond donors (Lipinski definition) is 2. The summed E-state index contributed by atoms with van der Waals surface area (Å²) in [5, 5.41) is 3.87. The Morgan fingerprint density at radius 2 is 2.16 bits per heavy atom. The number of nitrogens with one attached hydrogen (secondary N) is 2. The van der Waals surface area contributed by atoms with Crippen molar-refractivity contribution >= 4 is 28.0 Å². The lowest BCUT2D eigenvalue weighted by atomic mass is 10.1. The number of methoxy groups -OCH3 is 2. The van der Waals surface area contributed by atoms with Gasteiger partial charge in [-0.05, 0) is 17.5 Å². The molecule has 2 heterocycles. The van der Waals surface area contributed by atoms with E-state index >= 15 is 0 Å². The molecule has 1 amide bonds. The Labute approximate surface area is 147 Å². The molecule has 0 aliphatic carbocycles. The number of amides is 1. The SMILES string of the molecule is COc1ccc2cc(C(=O)NCCc3cnc[nH]3)sc(=O)c2c1OC. The van der Waals surface area contributed by atoms with Crippen molar-refractivity contribution in [1.82, 2.24) is 15.3 Å². The maximum absolute atomic E-state index is 12.5. The quantitative estimate of drug-likeness (QED) is 0.702. The molecular weight excluding hydrogens is 342 g/mol. The fourth-order valence-corrected chi connectivity index (χ4v) is 3.39. The summed E-state index contributed by atoms with van der Waals surface area (Å²) in [6.07, 6.45) is 3.94. The van der Waals surface area contributed by atoms with Crippen LogP contribution in [0.2, 0.25) is 0 Å². The number of aromatic amines is 1. The molecule has 8 heteroatoms. The second-order valence-electron chi connectivity index (χ2n) is 5.25. The van der Waals surface area contributed by atoms with E-state index in [4.69, 9.17) is 9.47 Å². The minimum atomic E-state index is -0.279. The van der Waals surface area contributed by atoms with Gasteiger partial charge in [0.05, 0.1) is 30.8 Å². The molecule has 3 aromatic rings. The molecule has 0 radical (unpaired) electrons. The Morgan fingerprint density at radius 3 is 2.84 bits per heavy atom. The summed E-state index contributed by atoms with van der Waals surface area (Å²) in [7, 11) is 3.00. The van der Waals surface area contributed by atoms with Crippen LogP contribution in [-0.2, 0) is 6.42 Å². The van der Waals surface area contributed by atoms with Crippen molar-refractivity contribution in [2.24, 2.45) is 0 Å². The summed E-state index contributed by atoms with van der Waals surface area (Å²) in [6, 6.07) is 5.15. The van der Waals surface area contributed by atoms with E-state index in [2.05, 4.69) is 15.3 Å². The Kier molecular flexibility index (Phi) is 4.99. The number of benzene rings is 1. The summed E-state index contributed by atoms with van der Waals surface area (Å²) in [5.41, 5.74) is 0.934. The van der Waals surface area contributed by atoms with Crippen LogP contribution in [0.4, 0.5) is 0 Å². The van der Waals surface area contributed by atoms with Crippen LogP contribution in [0.5, 0.6) is 11.5 Å². The van der Waals surface area contributed by atoms with Crippen molar-refractivity contribution in [2.45, 2.75) is 6.42 Å². The fraction of sp³-hybridized carbons (Fsp3) is 0.235. The standard InChI is InChI=1S/C17H17N3O4S/c1-23-12-4-3-10-7-13(25-17(22)14(10)15(12)24-2)16(21)19-6-5-11-8-18-9-20-11/h3-4,7-9H,5-6H2,1-2H3,(H,18,20)(H,19,21). The zero-order valence-electron chi connectivity index (χ0n) is 13.8. The third kappa shape index (κ3) is 3.48. The van der Waals surface area contributed by atoms with Gasteiger partial charge in [0.1, 0.15) is 0 Å². The van der Waals surface area contributed by atoms with Crippen LogP contribution in [0.25, 0.3) is 10.8 Å². The van der Waals surface area contributed by atoms with Gasteiger partial charge in [0.25, 0.3) is 5.91 Å².